The van der Waals surface area contributed by atoms with E-state index in [-0.39, 0.29) is 23.8 Å². The van der Waals surface area contributed by atoms with Crippen molar-refractivity contribution in [3.8, 4) is 0 Å². The third-order valence-corrected chi connectivity index (χ3v) is 6.24. The molecule has 2 amide bonds. The summed E-state index contributed by atoms with van der Waals surface area (Å²) in [7, 11) is 0. The number of carbonyl (C=O) groups is 2. The molecule has 3 heterocycles. The zero-order chi connectivity index (χ0) is 21.3. The van der Waals surface area contributed by atoms with Gasteiger partial charge in [-0.25, -0.2) is 4.98 Å². The summed E-state index contributed by atoms with van der Waals surface area (Å²) in [6.45, 7) is 9.18. The molecule has 2 fully saturated rings. The van der Waals surface area contributed by atoms with Gasteiger partial charge < -0.3 is 15.1 Å². The summed E-state index contributed by atoms with van der Waals surface area (Å²) in [6.07, 6.45) is 3.74. The molecule has 0 spiro atoms. The minimum absolute atomic E-state index is 0.0523. The molecule has 2 atom stereocenters. The van der Waals surface area contributed by atoms with Crippen LogP contribution in [0, 0.1) is 6.92 Å². The zero-order valence-electron chi connectivity index (χ0n) is 18.0. The van der Waals surface area contributed by atoms with Gasteiger partial charge in [-0.05, 0) is 55.5 Å². The van der Waals surface area contributed by atoms with Crippen LogP contribution >= 0.6 is 0 Å². The van der Waals surface area contributed by atoms with Crippen molar-refractivity contribution in [1.29, 1.82) is 0 Å². The van der Waals surface area contributed by atoms with E-state index in [0.717, 1.165) is 37.3 Å². The van der Waals surface area contributed by atoms with Crippen molar-refractivity contribution in [3.05, 3.63) is 58.8 Å². The molecule has 1 N–H and O–H groups in total. The minimum Gasteiger partial charge on any atom is -0.353 e. The Balaban J connectivity index is 1.38. The summed E-state index contributed by atoms with van der Waals surface area (Å²) in [4.78, 5) is 33.8. The Kier molecular flexibility index (Phi) is 5.75. The SMILES string of the molecule is CCc1cnc(N2CCN(C(=O)c3ccc([C@@H]4CC(C)NC4=O)cc3)CC2)c(C)c1. The van der Waals surface area contributed by atoms with Gasteiger partial charge in [0, 0.05) is 44.0 Å². The number of pyridine rings is 1. The van der Waals surface area contributed by atoms with Crippen LogP contribution in [0.5, 0.6) is 0 Å². The molecule has 2 aliphatic rings. The van der Waals surface area contributed by atoms with E-state index in [1.54, 1.807) is 0 Å². The van der Waals surface area contributed by atoms with Crippen LogP contribution in [-0.4, -0.2) is 53.9 Å². The van der Waals surface area contributed by atoms with E-state index in [9.17, 15) is 9.59 Å². The number of aromatic nitrogens is 1. The largest absolute Gasteiger partial charge is 0.353 e. The lowest BCUT2D eigenvalue weighted by Crippen LogP contribution is -2.49. The third kappa shape index (κ3) is 4.04. The van der Waals surface area contributed by atoms with E-state index in [4.69, 9.17) is 0 Å². The number of amides is 2. The lowest BCUT2D eigenvalue weighted by Gasteiger charge is -2.36. The number of nitrogens with one attached hydrogen (secondary N) is 1. The van der Waals surface area contributed by atoms with E-state index >= 15 is 0 Å². The molecule has 2 saturated heterocycles. The maximum Gasteiger partial charge on any atom is 0.253 e. The van der Waals surface area contributed by atoms with Crippen LogP contribution in [0.4, 0.5) is 5.82 Å². The summed E-state index contributed by atoms with van der Waals surface area (Å²) >= 11 is 0. The molecular formula is C24H30N4O2. The van der Waals surface area contributed by atoms with Crippen molar-refractivity contribution >= 4 is 17.6 Å². The zero-order valence-corrected chi connectivity index (χ0v) is 18.0. The molecular weight excluding hydrogens is 376 g/mol. The van der Waals surface area contributed by atoms with Gasteiger partial charge in [-0.3, -0.25) is 9.59 Å². The lowest BCUT2D eigenvalue weighted by atomic mass is 9.95. The van der Waals surface area contributed by atoms with Gasteiger partial charge in [-0.1, -0.05) is 25.1 Å². The molecule has 0 radical (unpaired) electrons. The number of aryl methyl sites for hydroxylation is 2. The van der Waals surface area contributed by atoms with Crippen molar-refractivity contribution in [2.45, 2.75) is 45.6 Å². The van der Waals surface area contributed by atoms with Crippen LogP contribution < -0.4 is 10.2 Å². The molecule has 1 aromatic carbocycles. The van der Waals surface area contributed by atoms with Crippen molar-refractivity contribution < 1.29 is 9.59 Å². The minimum atomic E-state index is -0.109. The Labute approximate surface area is 178 Å². The van der Waals surface area contributed by atoms with Crippen LogP contribution in [0.1, 0.15) is 53.2 Å². The molecule has 0 aliphatic carbocycles. The summed E-state index contributed by atoms with van der Waals surface area (Å²) in [5, 5.41) is 2.96. The molecule has 30 heavy (non-hydrogen) atoms. The van der Waals surface area contributed by atoms with Gasteiger partial charge in [0.05, 0.1) is 5.92 Å². The second-order valence-electron chi connectivity index (χ2n) is 8.44. The maximum atomic E-state index is 13.0. The van der Waals surface area contributed by atoms with Crippen molar-refractivity contribution in [2.24, 2.45) is 0 Å². The molecule has 0 saturated carbocycles. The fourth-order valence-electron chi connectivity index (χ4n) is 4.46. The number of benzene rings is 1. The Hall–Kier alpha value is -2.89. The van der Waals surface area contributed by atoms with Gasteiger partial charge in [-0.15, -0.1) is 0 Å². The molecule has 158 valence electrons. The first-order valence-electron chi connectivity index (χ1n) is 10.9. The highest BCUT2D eigenvalue weighted by Gasteiger charge is 2.31. The smallest absolute Gasteiger partial charge is 0.253 e. The highest BCUT2D eigenvalue weighted by Crippen LogP contribution is 2.27. The number of piperazine rings is 1. The number of nitrogens with zero attached hydrogens (tertiary/aromatic N) is 3. The van der Waals surface area contributed by atoms with Crippen molar-refractivity contribution in [1.82, 2.24) is 15.2 Å². The Morgan fingerprint density at radius 3 is 2.43 bits per heavy atom. The first kappa shape index (κ1) is 20.4. The molecule has 6 heteroatoms. The van der Waals surface area contributed by atoms with Gasteiger partial charge in [0.25, 0.3) is 5.91 Å². The van der Waals surface area contributed by atoms with Crippen molar-refractivity contribution in [3.63, 3.8) is 0 Å². The fourth-order valence-corrected chi connectivity index (χ4v) is 4.46. The molecule has 2 aromatic rings. The normalized spacial score (nSPS) is 21.6. The lowest BCUT2D eigenvalue weighted by molar-refractivity contribution is -0.120. The quantitative estimate of drug-likeness (QED) is 0.848. The predicted octanol–water partition coefficient (Wildman–Crippen LogP) is 2.91. The third-order valence-electron chi connectivity index (χ3n) is 6.24. The van der Waals surface area contributed by atoms with E-state index in [1.165, 1.54) is 11.1 Å². The topological polar surface area (TPSA) is 65.5 Å². The number of hydrogen-bond donors (Lipinski definition) is 1. The van der Waals surface area contributed by atoms with Gasteiger partial charge in [0.15, 0.2) is 0 Å². The summed E-state index contributed by atoms with van der Waals surface area (Å²) in [6, 6.07) is 9.97. The van der Waals surface area contributed by atoms with Crippen LogP contribution in [-0.2, 0) is 11.2 Å². The molecule has 4 rings (SSSR count). The van der Waals surface area contributed by atoms with E-state index in [1.807, 2.05) is 42.3 Å². The number of carbonyl (C=O) groups excluding carboxylic acids is 2. The molecule has 0 bridgehead atoms. The predicted molar refractivity (Wildman–Crippen MR) is 118 cm³/mol. The van der Waals surface area contributed by atoms with Crippen LogP contribution in [0.15, 0.2) is 36.5 Å². The maximum absolute atomic E-state index is 13.0. The summed E-state index contributed by atoms with van der Waals surface area (Å²) in [5.74, 6) is 1.04. The molecule has 6 nitrogen and oxygen atoms in total. The van der Waals surface area contributed by atoms with Crippen LogP contribution in [0.25, 0.3) is 0 Å². The van der Waals surface area contributed by atoms with Gasteiger partial charge in [0.1, 0.15) is 5.82 Å². The van der Waals surface area contributed by atoms with Crippen molar-refractivity contribution in [2.75, 3.05) is 31.1 Å². The average Bonchev–Trinajstić information content (AvgIpc) is 3.11. The Morgan fingerprint density at radius 2 is 1.87 bits per heavy atom. The van der Waals surface area contributed by atoms with E-state index < -0.39 is 0 Å². The van der Waals surface area contributed by atoms with Crippen LogP contribution in [0.3, 0.4) is 0 Å². The second kappa shape index (κ2) is 8.46. The Bertz CT molecular complexity index is 933. The van der Waals surface area contributed by atoms with Gasteiger partial charge in [0.2, 0.25) is 5.91 Å². The highest BCUT2D eigenvalue weighted by atomic mass is 16.2. The highest BCUT2D eigenvalue weighted by molar-refractivity contribution is 5.94. The number of anilines is 1. The molecule has 1 aromatic heterocycles. The average molecular weight is 407 g/mol. The molecule has 1 unspecified atom stereocenters. The summed E-state index contributed by atoms with van der Waals surface area (Å²) < 4.78 is 0. The Morgan fingerprint density at radius 1 is 1.17 bits per heavy atom. The van der Waals surface area contributed by atoms with Gasteiger partial charge in [-0.2, -0.15) is 0 Å². The van der Waals surface area contributed by atoms with Crippen LogP contribution in [0.2, 0.25) is 0 Å². The fraction of sp³-hybridized carbons (Fsp3) is 0.458. The monoisotopic (exact) mass is 406 g/mol. The van der Waals surface area contributed by atoms with E-state index in [2.05, 4.69) is 35.1 Å². The van der Waals surface area contributed by atoms with E-state index in [0.29, 0.717) is 18.7 Å². The molecule has 2 aliphatic heterocycles. The second-order valence-corrected chi connectivity index (χ2v) is 8.44. The first-order valence-corrected chi connectivity index (χ1v) is 10.9. The first-order chi connectivity index (χ1) is 14.5. The summed E-state index contributed by atoms with van der Waals surface area (Å²) in [5.41, 5.74) is 4.10. The standard InChI is InChI=1S/C24H30N4O2/c1-4-18-13-16(2)22(25-15-18)27-9-11-28(12-10-27)24(30)20-7-5-19(6-8-20)21-14-17(3)26-23(21)29/h5-8,13,15,17,21H,4,9-12,14H2,1-3H3,(H,26,29)/t17?,21-/m0/s1. The number of rotatable bonds is 4. The van der Waals surface area contributed by atoms with Gasteiger partial charge >= 0.3 is 0 Å². The number of hydrogen-bond acceptors (Lipinski definition) is 4.